The van der Waals surface area contributed by atoms with Crippen LogP contribution < -0.4 is 15.1 Å². The Morgan fingerprint density at radius 3 is 2.42 bits per heavy atom. The Bertz CT molecular complexity index is 2270. The molecule has 17 nitrogen and oxygen atoms in total. The lowest BCUT2D eigenvalue weighted by molar-refractivity contribution is 0.0281. The molecule has 1 unspecified atom stereocenters. The maximum absolute atomic E-state index is 14.1. The van der Waals surface area contributed by atoms with Crippen molar-refractivity contribution in [3.63, 3.8) is 0 Å². The molecule has 2 saturated heterocycles. The second-order valence-electron chi connectivity index (χ2n) is 14.3. The van der Waals surface area contributed by atoms with Gasteiger partial charge in [-0.3, -0.25) is 13.9 Å². The summed E-state index contributed by atoms with van der Waals surface area (Å²) in [5.74, 6) is -1.26. The number of carbonyl (C=O) groups excluding carboxylic acids is 1. The van der Waals surface area contributed by atoms with Gasteiger partial charge in [0.2, 0.25) is 5.43 Å². The number of carboxylic acids is 1. The first kappa shape index (κ1) is 37.1. The highest BCUT2D eigenvalue weighted by atomic mass is 31.2. The van der Waals surface area contributed by atoms with E-state index in [0.717, 1.165) is 18.4 Å². The highest BCUT2D eigenvalue weighted by Gasteiger charge is 2.65. The van der Waals surface area contributed by atoms with E-state index in [1.54, 1.807) is 28.8 Å². The first-order valence-electron chi connectivity index (χ1n) is 17.3. The molecule has 0 spiro atoms. The smallest absolute Gasteiger partial charge is 0.411 e. The molecule has 53 heavy (non-hydrogen) atoms. The fraction of sp³-hybridized carbons (Fsp3) is 0.471. The molecule has 19 heteroatoms. The number of aromatic nitrogens is 3. The van der Waals surface area contributed by atoms with Gasteiger partial charge in [0.15, 0.2) is 5.75 Å². The summed E-state index contributed by atoms with van der Waals surface area (Å²) in [5.41, 5.74) is 1.26. The molecule has 2 aliphatic heterocycles. The molecule has 1 amide bonds. The number of amides is 1. The molecule has 0 bridgehead atoms. The van der Waals surface area contributed by atoms with Crippen LogP contribution in [0.15, 0.2) is 47.7 Å². The van der Waals surface area contributed by atoms with Crippen molar-refractivity contribution in [1.29, 1.82) is 0 Å². The van der Waals surface area contributed by atoms with Gasteiger partial charge in [-0.15, -0.1) is 0 Å². The second kappa shape index (κ2) is 13.3. The van der Waals surface area contributed by atoms with Crippen molar-refractivity contribution in [2.45, 2.75) is 69.0 Å². The van der Waals surface area contributed by atoms with Crippen LogP contribution in [0.4, 0.5) is 10.5 Å². The summed E-state index contributed by atoms with van der Waals surface area (Å²) in [6.45, 7) is 4.60. The van der Waals surface area contributed by atoms with Gasteiger partial charge in [0, 0.05) is 50.0 Å². The zero-order valence-corrected chi connectivity index (χ0v) is 31.0. The van der Waals surface area contributed by atoms with E-state index in [1.165, 1.54) is 35.0 Å². The molecule has 5 N–H and O–H groups in total. The van der Waals surface area contributed by atoms with E-state index in [2.05, 4.69) is 4.98 Å². The monoisotopic (exact) mass is 773 g/mol. The van der Waals surface area contributed by atoms with Crippen LogP contribution >= 0.6 is 15.2 Å². The van der Waals surface area contributed by atoms with E-state index < -0.39 is 50.2 Å². The average molecular weight is 774 g/mol. The number of piperidine rings is 1. The van der Waals surface area contributed by atoms with Crippen LogP contribution in [-0.2, 0) is 20.3 Å². The van der Waals surface area contributed by atoms with Gasteiger partial charge in [-0.2, -0.15) is 0 Å². The quantitative estimate of drug-likeness (QED) is 0.143. The van der Waals surface area contributed by atoms with Crippen LogP contribution in [-0.4, -0.2) is 93.5 Å². The second-order valence-corrected chi connectivity index (χ2v) is 18.3. The number of imidazole rings is 1. The number of methoxy groups -OCH3 is 1. The third-order valence-electron chi connectivity index (χ3n) is 10.7. The number of anilines is 1. The van der Waals surface area contributed by atoms with E-state index >= 15 is 0 Å². The first-order valence-corrected chi connectivity index (χ1v) is 20.5. The molecule has 2 atom stereocenters. The summed E-state index contributed by atoms with van der Waals surface area (Å²) >= 11 is 0. The lowest BCUT2D eigenvalue weighted by Gasteiger charge is -2.40. The van der Waals surface area contributed by atoms with Crippen LogP contribution in [0.2, 0.25) is 0 Å². The minimum absolute atomic E-state index is 0.00775. The molecule has 1 aliphatic carbocycles. The summed E-state index contributed by atoms with van der Waals surface area (Å²) in [6.07, 6.45) is 4.55. The molecule has 5 heterocycles. The molecular formula is C34H41N5O12P2. The number of benzene rings is 1. The number of aromatic carboxylic acids is 1. The highest BCUT2D eigenvalue weighted by Crippen LogP contribution is 2.71. The summed E-state index contributed by atoms with van der Waals surface area (Å²) in [4.78, 5) is 89.3. The molecule has 1 aromatic carbocycles. The van der Waals surface area contributed by atoms with Gasteiger partial charge in [0.05, 0.1) is 36.2 Å². The van der Waals surface area contributed by atoms with Crippen molar-refractivity contribution in [1.82, 2.24) is 18.9 Å². The molecular weight excluding hydrogens is 732 g/mol. The van der Waals surface area contributed by atoms with Crippen molar-refractivity contribution >= 4 is 49.5 Å². The third-order valence-corrected chi connectivity index (χ3v) is 14.6. The Kier molecular flexibility index (Phi) is 9.28. The topological polar surface area (TPSA) is 234 Å². The first-order chi connectivity index (χ1) is 25.0. The molecule has 284 valence electrons. The summed E-state index contributed by atoms with van der Waals surface area (Å²) < 4.78 is 40.8. The van der Waals surface area contributed by atoms with E-state index in [-0.39, 0.29) is 47.6 Å². The zero-order chi connectivity index (χ0) is 38.2. The Labute approximate surface area is 303 Å². The Hall–Kier alpha value is -4.24. The Morgan fingerprint density at radius 1 is 1.08 bits per heavy atom. The number of carboxylic acid groups (broad SMARTS) is 1. The number of hydrogen-bond donors (Lipinski definition) is 5. The molecule has 7 rings (SSSR count). The van der Waals surface area contributed by atoms with E-state index in [0.29, 0.717) is 42.0 Å². The Balaban J connectivity index is 1.27. The predicted octanol–water partition coefficient (Wildman–Crippen LogP) is 4.10. The molecule has 3 aromatic heterocycles. The standard InChI is InChI=1S/C34H41N5O12P2/c1-19(2)23-13-24-29(39(21-9-10-21)17-25(30(24)40)32(41)42)31(50-3)28(23)36-16-20-7-6-12-38(26(20)18-36)33(43)51-34(52(44,45)46,53(47,48)49)14-22-15-35-27-8-4-5-11-37(22)27/h4-5,8,11,13,15,17,19-21,26H,6-7,9-10,12,14,16,18H2,1-3H3,(H,41,42)(H2,44,45,46)(H2,47,48,49)/t20?,26-/m0/s1. The van der Waals surface area contributed by atoms with E-state index in [1.807, 2.05) is 18.7 Å². The fourth-order valence-electron chi connectivity index (χ4n) is 7.92. The van der Waals surface area contributed by atoms with Gasteiger partial charge in [-0.1, -0.05) is 19.9 Å². The van der Waals surface area contributed by atoms with Gasteiger partial charge < -0.3 is 52.9 Å². The molecule has 3 fully saturated rings. The normalized spacial score (nSPS) is 19.6. The molecule has 0 radical (unpaired) electrons. The minimum Gasteiger partial charge on any atom is -0.492 e. The molecule has 1 saturated carbocycles. The average Bonchev–Trinajstić information content (AvgIpc) is 3.71. The summed E-state index contributed by atoms with van der Waals surface area (Å²) in [6, 6.07) is 5.99. The highest BCUT2D eigenvalue weighted by molar-refractivity contribution is 7.72. The number of likely N-dealkylation sites (tertiary alicyclic amines) is 1. The SMILES string of the molecule is COc1c(N2CC3CCCN(C(=O)OC(Cc4cnc5ccccn45)(P(=O)(O)O)P(=O)(O)O)[C@H]3C2)c(C(C)C)cc2c(=O)c(C(=O)O)cn(C3CC3)c12. The van der Waals surface area contributed by atoms with Gasteiger partial charge >= 0.3 is 32.3 Å². The predicted molar refractivity (Wildman–Crippen MR) is 192 cm³/mol. The number of rotatable bonds is 10. The Morgan fingerprint density at radius 2 is 1.79 bits per heavy atom. The van der Waals surface area contributed by atoms with Crippen molar-refractivity contribution in [3.05, 3.63) is 69.9 Å². The maximum Gasteiger partial charge on any atom is 0.411 e. The van der Waals surface area contributed by atoms with Gasteiger partial charge in [-0.05, 0) is 61.3 Å². The summed E-state index contributed by atoms with van der Waals surface area (Å²) in [7, 11) is -10.3. The minimum atomic E-state index is -5.88. The van der Waals surface area contributed by atoms with E-state index in [4.69, 9.17) is 9.47 Å². The lowest BCUT2D eigenvalue weighted by atomic mass is 9.92. The van der Waals surface area contributed by atoms with Crippen molar-refractivity contribution in [2.75, 3.05) is 31.6 Å². The lowest BCUT2D eigenvalue weighted by Crippen LogP contribution is -2.51. The van der Waals surface area contributed by atoms with Gasteiger partial charge in [0.25, 0.3) is 0 Å². The number of pyridine rings is 2. The number of ether oxygens (including phenoxy) is 2. The largest absolute Gasteiger partial charge is 0.492 e. The van der Waals surface area contributed by atoms with Crippen molar-refractivity contribution < 1.29 is 52.9 Å². The van der Waals surface area contributed by atoms with Crippen LogP contribution in [0, 0.1) is 5.92 Å². The van der Waals surface area contributed by atoms with Crippen LogP contribution in [0.3, 0.4) is 0 Å². The fourth-order valence-corrected chi connectivity index (χ4v) is 10.4. The number of fused-ring (bicyclic) bond motifs is 3. The van der Waals surface area contributed by atoms with Crippen LogP contribution in [0.1, 0.15) is 73.1 Å². The third kappa shape index (κ3) is 6.22. The number of carbonyl (C=O) groups is 2. The number of nitrogens with zero attached hydrogens (tertiary/aromatic N) is 5. The van der Waals surface area contributed by atoms with Gasteiger partial charge in [-0.25, -0.2) is 14.6 Å². The van der Waals surface area contributed by atoms with Crippen molar-refractivity contribution in [2.24, 2.45) is 5.92 Å². The van der Waals surface area contributed by atoms with Crippen molar-refractivity contribution in [3.8, 4) is 5.75 Å². The zero-order valence-electron chi connectivity index (χ0n) is 29.2. The number of hydrogen-bond acceptors (Lipinski definition) is 9. The van der Waals surface area contributed by atoms with Crippen LogP contribution in [0.5, 0.6) is 5.75 Å². The maximum atomic E-state index is 14.1. The molecule has 3 aliphatic rings. The van der Waals surface area contributed by atoms with Crippen LogP contribution in [0.25, 0.3) is 16.6 Å². The summed E-state index contributed by atoms with van der Waals surface area (Å²) in [5, 5.41) is 6.53. The van der Waals surface area contributed by atoms with E-state index in [9.17, 15) is 48.2 Å². The van der Waals surface area contributed by atoms with Gasteiger partial charge in [0.1, 0.15) is 11.2 Å². The molecule has 4 aromatic rings.